The number of hydrogen-bond donors (Lipinski definition) is 2. The number of carbonyl (C=O) groups excluding carboxylic acids is 1. The van der Waals surface area contributed by atoms with E-state index in [1.807, 2.05) is 31.2 Å². The Balaban J connectivity index is 0.00000208. The molecule has 0 saturated carbocycles. The number of hydrogen-bond acceptors (Lipinski definition) is 3. The fraction of sp³-hybridized carbons (Fsp3) is 0.278. The van der Waals surface area contributed by atoms with Crippen LogP contribution in [-0.4, -0.2) is 25.5 Å². The highest BCUT2D eigenvalue weighted by molar-refractivity contribution is 6.31. The van der Waals surface area contributed by atoms with Crippen molar-refractivity contribution in [3.8, 4) is 0 Å². The van der Waals surface area contributed by atoms with Crippen molar-refractivity contribution in [1.29, 1.82) is 0 Å². The maximum absolute atomic E-state index is 12.4. The molecule has 0 unspecified atom stereocenters. The van der Waals surface area contributed by atoms with Gasteiger partial charge in [0.15, 0.2) is 0 Å². The summed E-state index contributed by atoms with van der Waals surface area (Å²) in [5.74, 6) is -0.0402. The molecule has 0 saturated heterocycles. The third-order valence-electron chi connectivity index (χ3n) is 4.00. The van der Waals surface area contributed by atoms with Crippen LogP contribution in [0.5, 0.6) is 0 Å². The Labute approximate surface area is 153 Å². The summed E-state index contributed by atoms with van der Waals surface area (Å²) in [5, 5.41) is 6.96. The first kappa shape index (κ1) is 18.6. The zero-order valence-electron chi connectivity index (χ0n) is 13.5. The number of halogens is 2. The third kappa shape index (κ3) is 4.41. The van der Waals surface area contributed by atoms with Crippen molar-refractivity contribution in [3.63, 3.8) is 0 Å². The number of carbonyl (C=O) groups is 1. The van der Waals surface area contributed by atoms with E-state index in [0.717, 1.165) is 36.6 Å². The molecule has 0 atom stereocenters. The highest BCUT2D eigenvalue weighted by Gasteiger charge is 2.17. The normalized spacial score (nSPS) is 13.5. The molecule has 6 heteroatoms. The van der Waals surface area contributed by atoms with E-state index in [1.54, 1.807) is 6.07 Å². The van der Waals surface area contributed by atoms with E-state index in [1.165, 1.54) is 5.56 Å². The molecule has 2 aromatic carbocycles. The first-order valence-corrected chi connectivity index (χ1v) is 8.11. The minimum atomic E-state index is -0.0402. The average molecular weight is 366 g/mol. The van der Waals surface area contributed by atoms with Crippen molar-refractivity contribution >= 4 is 41.3 Å². The molecule has 0 bridgehead atoms. The predicted molar refractivity (Wildman–Crippen MR) is 102 cm³/mol. The summed E-state index contributed by atoms with van der Waals surface area (Å²) < 4.78 is 0. The fourth-order valence-corrected chi connectivity index (χ4v) is 2.92. The molecule has 1 heterocycles. The van der Waals surface area contributed by atoms with Crippen molar-refractivity contribution < 1.29 is 4.79 Å². The van der Waals surface area contributed by atoms with Gasteiger partial charge in [-0.15, -0.1) is 12.4 Å². The van der Waals surface area contributed by atoms with Crippen LogP contribution < -0.4 is 15.5 Å². The number of aryl methyl sites for hydroxylation is 1. The lowest BCUT2D eigenvalue weighted by Gasteiger charge is -2.24. The van der Waals surface area contributed by atoms with Gasteiger partial charge in [0.2, 0.25) is 5.91 Å². The predicted octanol–water partition coefficient (Wildman–Crippen LogP) is 3.62. The summed E-state index contributed by atoms with van der Waals surface area (Å²) in [6.45, 7) is 4.76. The molecule has 0 aromatic heterocycles. The molecular formula is C18H21Cl2N3O. The summed E-state index contributed by atoms with van der Waals surface area (Å²) >= 11 is 6.11. The molecular weight excluding hydrogens is 345 g/mol. The molecule has 2 N–H and O–H groups in total. The van der Waals surface area contributed by atoms with Gasteiger partial charge in [-0.3, -0.25) is 4.79 Å². The molecule has 1 amide bonds. The van der Waals surface area contributed by atoms with Gasteiger partial charge in [0.1, 0.15) is 0 Å². The smallest absolute Gasteiger partial charge is 0.243 e. The first-order valence-electron chi connectivity index (χ1n) is 7.73. The van der Waals surface area contributed by atoms with E-state index in [9.17, 15) is 4.79 Å². The van der Waals surface area contributed by atoms with E-state index in [4.69, 9.17) is 11.6 Å². The second-order valence-electron chi connectivity index (χ2n) is 5.74. The molecule has 128 valence electrons. The Hall–Kier alpha value is -1.75. The zero-order chi connectivity index (χ0) is 16.2. The van der Waals surface area contributed by atoms with Crippen molar-refractivity contribution in [2.45, 2.75) is 13.5 Å². The third-order valence-corrected chi connectivity index (χ3v) is 4.40. The van der Waals surface area contributed by atoms with Crippen molar-refractivity contribution in [1.82, 2.24) is 5.32 Å². The van der Waals surface area contributed by atoms with Gasteiger partial charge >= 0.3 is 0 Å². The number of fused-ring (bicyclic) bond motifs is 1. The van der Waals surface area contributed by atoms with Gasteiger partial charge in [0, 0.05) is 36.0 Å². The maximum atomic E-state index is 12.4. The van der Waals surface area contributed by atoms with Crippen LogP contribution >= 0.6 is 24.0 Å². The van der Waals surface area contributed by atoms with Gasteiger partial charge in [-0.1, -0.05) is 35.9 Å². The summed E-state index contributed by atoms with van der Waals surface area (Å²) in [6, 6.07) is 13.8. The van der Waals surface area contributed by atoms with E-state index >= 15 is 0 Å². The van der Waals surface area contributed by atoms with Crippen LogP contribution in [0, 0.1) is 6.92 Å². The Kier molecular flexibility index (Phi) is 6.49. The van der Waals surface area contributed by atoms with Crippen LogP contribution in [0.25, 0.3) is 0 Å². The monoisotopic (exact) mass is 365 g/mol. The summed E-state index contributed by atoms with van der Waals surface area (Å²) in [5.41, 5.74) is 4.06. The molecule has 0 radical (unpaired) electrons. The Morgan fingerprint density at radius 3 is 2.88 bits per heavy atom. The number of anilines is 2. The van der Waals surface area contributed by atoms with Gasteiger partial charge in [-0.2, -0.15) is 0 Å². The second kappa shape index (κ2) is 8.38. The van der Waals surface area contributed by atoms with Crippen molar-refractivity contribution in [3.05, 3.63) is 58.6 Å². The average Bonchev–Trinajstić information content (AvgIpc) is 2.74. The number of nitrogens with zero attached hydrogens (tertiary/aromatic N) is 1. The lowest BCUT2D eigenvalue weighted by molar-refractivity contribution is -0.115. The molecule has 2 aromatic rings. The number of amides is 1. The zero-order valence-corrected chi connectivity index (χ0v) is 15.1. The quantitative estimate of drug-likeness (QED) is 0.872. The van der Waals surface area contributed by atoms with Crippen LogP contribution in [-0.2, 0) is 11.3 Å². The number of benzene rings is 2. The number of nitrogens with one attached hydrogen (secondary N) is 2. The lowest BCUT2D eigenvalue weighted by atomic mass is 10.1. The molecule has 0 fully saturated rings. The minimum absolute atomic E-state index is 0. The second-order valence-corrected chi connectivity index (χ2v) is 6.15. The summed E-state index contributed by atoms with van der Waals surface area (Å²) in [6.07, 6.45) is 0. The fourth-order valence-electron chi connectivity index (χ4n) is 2.74. The van der Waals surface area contributed by atoms with Crippen molar-refractivity contribution in [2.24, 2.45) is 0 Å². The topological polar surface area (TPSA) is 44.4 Å². The van der Waals surface area contributed by atoms with Gasteiger partial charge in [-0.05, 0) is 36.2 Å². The lowest BCUT2D eigenvalue weighted by Crippen LogP contribution is -2.36. The highest BCUT2D eigenvalue weighted by Crippen LogP contribution is 2.23. The van der Waals surface area contributed by atoms with Crippen LogP contribution in [0.4, 0.5) is 11.4 Å². The highest BCUT2D eigenvalue weighted by atomic mass is 35.5. The Bertz CT molecular complexity index is 721. The largest absolute Gasteiger partial charge is 0.361 e. The van der Waals surface area contributed by atoms with Gasteiger partial charge < -0.3 is 15.5 Å². The summed E-state index contributed by atoms with van der Waals surface area (Å²) in [4.78, 5) is 14.5. The molecule has 1 aliphatic rings. The van der Waals surface area contributed by atoms with Crippen LogP contribution in [0.1, 0.15) is 11.1 Å². The maximum Gasteiger partial charge on any atom is 0.243 e. The van der Waals surface area contributed by atoms with Gasteiger partial charge in [-0.25, -0.2) is 0 Å². The van der Waals surface area contributed by atoms with E-state index in [0.29, 0.717) is 11.6 Å². The number of rotatable bonds is 3. The Morgan fingerprint density at radius 1 is 1.29 bits per heavy atom. The molecule has 1 aliphatic heterocycles. The minimum Gasteiger partial charge on any atom is -0.361 e. The first-order chi connectivity index (χ1) is 11.1. The standard InChI is InChI=1S/C18H20ClN3O.ClH/c1-13-6-7-15(10-16(13)19)21-18(23)12-22-9-8-20-11-14-4-2-3-5-17(14)22;/h2-7,10,20H,8-9,11-12H2,1H3,(H,21,23);1H. The van der Waals surface area contributed by atoms with E-state index in [-0.39, 0.29) is 18.3 Å². The summed E-state index contributed by atoms with van der Waals surface area (Å²) in [7, 11) is 0. The van der Waals surface area contributed by atoms with Gasteiger partial charge in [0.25, 0.3) is 0 Å². The van der Waals surface area contributed by atoms with E-state index in [2.05, 4.69) is 27.7 Å². The van der Waals surface area contributed by atoms with Crippen molar-refractivity contribution in [2.75, 3.05) is 29.9 Å². The van der Waals surface area contributed by atoms with Crippen LogP contribution in [0.2, 0.25) is 5.02 Å². The molecule has 24 heavy (non-hydrogen) atoms. The van der Waals surface area contributed by atoms with Crippen LogP contribution in [0.15, 0.2) is 42.5 Å². The molecule has 4 nitrogen and oxygen atoms in total. The SMILES string of the molecule is Cc1ccc(NC(=O)CN2CCNCc3ccccc32)cc1Cl.Cl. The molecule has 0 spiro atoms. The molecule has 0 aliphatic carbocycles. The number of para-hydroxylation sites is 1. The van der Waals surface area contributed by atoms with E-state index < -0.39 is 0 Å². The van der Waals surface area contributed by atoms with Gasteiger partial charge in [0.05, 0.1) is 6.54 Å². The van der Waals surface area contributed by atoms with Crippen LogP contribution in [0.3, 0.4) is 0 Å². The Morgan fingerprint density at radius 2 is 2.08 bits per heavy atom. The molecule has 3 rings (SSSR count).